The normalized spacial score (nSPS) is 10.5. The first kappa shape index (κ1) is 14.8. The van der Waals surface area contributed by atoms with Gasteiger partial charge < -0.3 is 14.4 Å². The van der Waals surface area contributed by atoms with E-state index in [4.69, 9.17) is 14.4 Å². The second kappa shape index (κ2) is 6.36. The van der Waals surface area contributed by atoms with Gasteiger partial charge in [0.25, 0.3) is 0 Å². The maximum Gasteiger partial charge on any atom is 0.307 e. The summed E-state index contributed by atoms with van der Waals surface area (Å²) in [5.41, 5.74) is 3.12. The average molecular weight is 309 g/mol. The van der Waals surface area contributed by atoms with Crippen LogP contribution in [-0.4, -0.2) is 23.3 Å². The van der Waals surface area contributed by atoms with E-state index in [-0.39, 0.29) is 6.42 Å². The van der Waals surface area contributed by atoms with Crippen LogP contribution in [0.2, 0.25) is 0 Å². The molecule has 3 rings (SSSR count). The van der Waals surface area contributed by atoms with Crippen LogP contribution in [0.5, 0.6) is 5.75 Å². The van der Waals surface area contributed by atoms with Crippen LogP contribution < -0.4 is 4.74 Å². The Kier molecular flexibility index (Phi) is 4.10. The van der Waals surface area contributed by atoms with Gasteiger partial charge in [0, 0.05) is 17.2 Å². The van der Waals surface area contributed by atoms with Gasteiger partial charge in [-0.25, -0.2) is 0 Å². The van der Waals surface area contributed by atoms with Crippen molar-refractivity contribution in [2.24, 2.45) is 0 Å². The summed E-state index contributed by atoms with van der Waals surface area (Å²) in [4.78, 5) is 10.8. The van der Waals surface area contributed by atoms with Gasteiger partial charge in [0.15, 0.2) is 5.76 Å². The molecular weight excluding hydrogens is 294 g/mol. The molecule has 0 unspecified atom stereocenters. The van der Waals surface area contributed by atoms with E-state index < -0.39 is 5.97 Å². The van der Waals surface area contributed by atoms with Crippen molar-refractivity contribution in [3.63, 3.8) is 0 Å². The standard InChI is InChI=1S/C18H15NO4/c1-22-15-7-5-13(6-8-15)17-11-16(19-23-17)14-4-2-3-12(9-14)10-18(20)21/h2-9,11H,10H2,1H3,(H,20,21). The predicted octanol–water partition coefficient (Wildman–Crippen LogP) is 3.64. The van der Waals surface area contributed by atoms with E-state index in [1.54, 1.807) is 13.2 Å². The lowest BCUT2D eigenvalue weighted by molar-refractivity contribution is -0.136. The minimum Gasteiger partial charge on any atom is -0.497 e. The first-order valence-electron chi connectivity index (χ1n) is 7.08. The van der Waals surface area contributed by atoms with E-state index in [1.165, 1.54) is 0 Å². The molecule has 1 aromatic heterocycles. The Hall–Kier alpha value is -3.08. The molecule has 1 heterocycles. The average Bonchev–Trinajstić information content (AvgIpc) is 3.04. The lowest BCUT2D eigenvalue weighted by atomic mass is 10.1. The highest BCUT2D eigenvalue weighted by atomic mass is 16.5. The van der Waals surface area contributed by atoms with E-state index in [0.717, 1.165) is 22.4 Å². The molecule has 0 aliphatic rings. The summed E-state index contributed by atoms with van der Waals surface area (Å²) < 4.78 is 10.5. The van der Waals surface area contributed by atoms with Gasteiger partial charge in [-0.15, -0.1) is 0 Å². The molecule has 0 radical (unpaired) electrons. The zero-order chi connectivity index (χ0) is 16.2. The topological polar surface area (TPSA) is 72.6 Å². The molecule has 0 fully saturated rings. The summed E-state index contributed by atoms with van der Waals surface area (Å²) >= 11 is 0. The second-order valence-electron chi connectivity index (χ2n) is 5.08. The van der Waals surface area contributed by atoms with Gasteiger partial charge in [0.05, 0.1) is 13.5 Å². The van der Waals surface area contributed by atoms with E-state index in [2.05, 4.69) is 5.16 Å². The van der Waals surface area contributed by atoms with E-state index >= 15 is 0 Å². The van der Waals surface area contributed by atoms with Crippen LogP contribution >= 0.6 is 0 Å². The van der Waals surface area contributed by atoms with Gasteiger partial charge in [0.2, 0.25) is 0 Å². The predicted molar refractivity (Wildman–Crippen MR) is 85.3 cm³/mol. The summed E-state index contributed by atoms with van der Waals surface area (Å²) in [6, 6.07) is 16.6. The largest absolute Gasteiger partial charge is 0.497 e. The molecule has 5 heteroatoms. The number of aromatic nitrogens is 1. The van der Waals surface area contributed by atoms with Gasteiger partial charge >= 0.3 is 5.97 Å². The van der Waals surface area contributed by atoms with Crippen LogP contribution in [0.15, 0.2) is 59.1 Å². The number of benzene rings is 2. The van der Waals surface area contributed by atoms with Crippen molar-refractivity contribution in [2.45, 2.75) is 6.42 Å². The van der Waals surface area contributed by atoms with Gasteiger partial charge in [0.1, 0.15) is 11.4 Å². The van der Waals surface area contributed by atoms with E-state index in [9.17, 15) is 4.79 Å². The third-order valence-corrected chi connectivity index (χ3v) is 3.46. The molecule has 0 spiro atoms. The highest BCUT2D eigenvalue weighted by molar-refractivity contribution is 5.72. The smallest absolute Gasteiger partial charge is 0.307 e. The summed E-state index contributed by atoms with van der Waals surface area (Å²) in [6.07, 6.45) is -0.0168. The summed E-state index contributed by atoms with van der Waals surface area (Å²) in [6.45, 7) is 0. The van der Waals surface area contributed by atoms with Crippen LogP contribution in [0.4, 0.5) is 0 Å². The van der Waals surface area contributed by atoms with Crippen LogP contribution in [0.25, 0.3) is 22.6 Å². The molecule has 0 aliphatic heterocycles. The van der Waals surface area contributed by atoms with E-state index in [0.29, 0.717) is 11.5 Å². The summed E-state index contributed by atoms with van der Waals surface area (Å²) in [5.74, 6) is 0.558. The lowest BCUT2D eigenvalue weighted by Crippen LogP contribution is -1.99. The van der Waals surface area contributed by atoms with Crippen molar-refractivity contribution < 1.29 is 19.2 Å². The number of hydrogen-bond donors (Lipinski definition) is 1. The number of methoxy groups -OCH3 is 1. The molecule has 0 atom stereocenters. The van der Waals surface area contributed by atoms with Gasteiger partial charge in [-0.05, 0) is 35.9 Å². The van der Waals surface area contributed by atoms with Crippen molar-refractivity contribution >= 4 is 5.97 Å². The Morgan fingerprint density at radius 3 is 2.61 bits per heavy atom. The van der Waals surface area contributed by atoms with Crippen LogP contribution in [-0.2, 0) is 11.2 Å². The Balaban J connectivity index is 1.87. The number of carboxylic acid groups (broad SMARTS) is 1. The van der Waals surface area contributed by atoms with Crippen molar-refractivity contribution in [3.8, 4) is 28.3 Å². The number of aliphatic carboxylic acids is 1. The molecule has 0 saturated heterocycles. The third kappa shape index (κ3) is 3.40. The minimum absolute atomic E-state index is 0.0168. The Morgan fingerprint density at radius 1 is 1.13 bits per heavy atom. The van der Waals surface area contributed by atoms with Crippen LogP contribution in [0, 0.1) is 0 Å². The monoisotopic (exact) mass is 309 g/mol. The summed E-state index contributed by atoms with van der Waals surface area (Å²) in [5, 5.41) is 13.0. The minimum atomic E-state index is -0.860. The molecule has 23 heavy (non-hydrogen) atoms. The van der Waals surface area contributed by atoms with Gasteiger partial charge in [-0.1, -0.05) is 23.4 Å². The van der Waals surface area contributed by atoms with Gasteiger partial charge in [-0.3, -0.25) is 4.79 Å². The maximum atomic E-state index is 10.8. The van der Waals surface area contributed by atoms with E-state index in [1.807, 2.05) is 48.5 Å². The van der Waals surface area contributed by atoms with Crippen molar-refractivity contribution in [1.29, 1.82) is 0 Å². The highest BCUT2D eigenvalue weighted by Crippen LogP contribution is 2.27. The molecule has 5 nitrogen and oxygen atoms in total. The number of ether oxygens (including phenoxy) is 1. The first-order chi connectivity index (χ1) is 11.2. The number of carboxylic acids is 1. The molecule has 3 aromatic rings. The van der Waals surface area contributed by atoms with Gasteiger partial charge in [-0.2, -0.15) is 0 Å². The number of hydrogen-bond acceptors (Lipinski definition) is 4. The Bertz CT molecular complexity index is 821. The van der Waals surface area contributed by atoms with Crippen LogP contribution in [0.1, 0.15) is 5.56 Å². The molecule has 0 aliphatic carbocycles. The number of rotatable bonds is 5. The SMILES string of the molecule is COc1ccc(-c2cc(-c3cccc(CC(=O)O)c3)no2)cc1. The molecule has 0 saturated carbocycles. The van der Waals surface area contributed by atoms with Crippen LogP contribution in [0.3, 0.4) is 0 Å². The Morgan fingerprint density at radius 2 is 1.91 bits per heavy atom. The fourth-order valence-corrected chi connectivity index (χ4v) is 2.32. The summed E-state index contributed by atoms with van der Waals surface area (Å²) in [7, 11) is 1.62. The fraction of sp³-hybridized carbons (Fsp3) is 0.111. The molecule has 0 bridgehead atoms. The Labute approximate surface area is 133 Å². The molecule has 116 valence electrons. The molecule has 0 amide bonds. The van der Waals surface area contributed by atoms with Crippen molar-refractivity contribution in [1.82, 2.24) is 5.16 Å². The molecule has 1 N–H and O–H groups in total. The lowest BCUT2D eigenvalue weighted by Gasteiger charge is -2.00. The first-order valence-corrected chi connectivity index (χ1v) is 7.08. The quantitative estimate of drug-likeness (QED) is 0.779. The highest BCUT2D eigenvalue weighted by Gasteiger charge is 2.10. The third-order valence-electron chi connectivity index (χ3n) is 3.46. The van der Waals surface area contributed by atoms with Crippen molar-refractivity contribution in [3.05, 3.63) is 60.2 Å². The number of carbonyl (C=O) groups is 1. The maximum absolute atomic E-state index is 10.8. The molecular formula is C18H15NO4. The number of nitrogens with zero attached hydrogens (tertiary/aromatic N) is 1. The fourth-order valence-electron chi connectivity index (χ4n) is 2.32. The van der Waals surface area contributed by atoms with Crippen molar-refractivity contribution in [2.75, 3.05) is 7.11 Å². The second-order valence-corrected chi connectivity index (χ2v) is 5.08. The zero-order valence-electron chi connectivity index (χ0n) is 12.5. The molecule has 2 aromatic carbocycles. The zero-order valence-corrected chi connectivity index (χ0v) is 12.5.